The van der Waals surface area contributed by atoms with Crippen LogP contribution in [-0.2, 0) is 21.6 Å². The van der Waals surface area contributed by atoms with Crippen molar-refractivity contribution in [1.82, 2.24) is 19.7 Å². The van der Waals surface area contributed by atoms with Crippen molar-refractivity contribution in [1.29, 1.82) is 0 Å². The van der Waals surface area contributed by atoms with Crippen molar-refractivity contribution in [3.8, 4) is 5.75 Å². The number of aliphatic hydroxyl groups is 3. The van der Waals surface area contributed by atoms with E-state index in [1.54, 1.807) is 0 Å². The summed E-state index contributed by atoms with van der Waals surface area (Å²) in [7, 11) is 0. The molecule has 0 radical (unpaired) electrons. The SMILES string of the molecule is CC(=O)N[C@@H]1[C@@H](O)[C@H](O)[C@@H](CO)O[C@H]1n1nc(COc2ccc(C(C)(C)C)cc2)n(C2CCCC2)c1=S. The molecule has 1 aromatic carbocycles. The van der Waals surface area contributed by atoms with Gasteiger partial charge in [-0.1, -0.05) is 45.7 Å². The molecule has 1 aliphatic carbocycles. The number of rotatable bonds is 7. The van der Waals surface area contributed by atoms with Gasteiger partial charge in [0.1, 0.15) is 36.7 Å². The lowest BCUT2D eigenvalue weighted by molar-refractivity contribution is -0.219. The lowest BCUT2D eigenvalue weighted by Crippen LogP contribution is -2.62. The number of carbonyl (C=O) groups excluding carboxylic acids is 1. The summed E-state index contributed by atoms with van der Waals surface area (Å²) >= 11 is 5.84. The van der Waals surface area contributed by atoms with Gasteiger partial charge in [0.05, 0.1) is 6.61 Å². The Morgan fingerprint density at radius 3 is 2.41 bits per heavy atom. The van der Waals surface area contributed by atoms with Crippen molar-refractivity contribution in [3.05, 3.63) is 40.4 Å². The average Bonchev–Trinajstić information content (AvgIpc) is 3.48. The minimum atomic E-state index is -1.39. The van der Waals surface area contributed by atoms with Gasteiger partial charge in [0.15, 0.2) is 12.1 Å². The van der Waals surface area contributed by atoms with Crippen LogP contribution in [-0.4, -0.2) is 66.5 Å². The second-order valence-corrected chi connectivity index (χ2v) is 11.3. The van der Waals surface area contributed by atoms with Crippen LogP contribution in [0.3, 0.4) is 0 Å². The zero-order chi connectivity index (χ0) is 26.9. The summed E-state index contributed by atoms with van der Waals surface area (Å²) in [6.07, 6.45) is -0.800. The van der Waals surface area contributed by atoms with Crippen LogP contribution in [0.2, 0.25) is 0 Å². The molecule has 1 amide bonds. The van der Waals surface area contributed by atoms with E-state index in [0.717, 1.165) is 25.7 Å². The van der Waals surface area contributed by atoms with Crippen LogP contribution in [0.4, 0.5) is 0 Å². The predicted octanol–water partition coefficient (Wildman–Crippen LogP) is 2.52. The molecule has 4 rings (SSSR count). The normalized spacial score (nSPS) is 26.8. The minimum absolute atomic E-state index is 0.0367. The van der Waals surface area contributed by atoms with Gasteiger partial charge in [-0.2, -0.15) is 5.10 Å². The monoisotopic (exact) mass is 534 g/mol. The van der Waals surface area contributed by atoms with E-state index in [4.69, 9.17) is 26.8 Å². The zero-order valence-electron chi connectivity index (χ0n) is 21.8. The number of hydrogen-bond donors (Lipinski definition) is 4. The van der Waals surface area contributed by atoms with Gasteiger partial charge >= 0.3 is 0 Å². The standard InChI is InChI=1S/C26H38N4O6S/c1-15(32)27-21-23(34)22(33)19(13-31)36-24(21)30-25(37)29(17-7-5-6-8-17)20(28-30)14-35-18-11-9-16(10-12-18)26(2,3)4/h9-12,17,19,21-24,31,33-34H,5-8,13-14H2,1-4H3,(H,27,32)/t19-,21-,22-,23-,24-/m1/s1. The van der Waals surface area contributed by atoms with E-state index < -0.39 is 43.1 Å². The molecular weight excluding hydrogens is 496 g/mol. The van der Waals surface area contributed by atoms with Gasteiger partial charge in [-0.3, -0.25) is 9.36 Å². The van der Waals surface area contributed by atoms with E-state index in [9.17, 15) is 20.1 Å². The van der Waals surface area contributed by atoms with Crippen LogP contribution in [0.5, 0.6) is 5.75 Å². The van der Waals surface area contributed by atoms with Gasteiger partial charge in [-0.25, -0.2) is 4.68 Å². The highest BCUT2D eigenvalue weighted by atomic mass is 32.1. The summed E-state index contributed by atoms with van der Waals surface area (Å²) in [5.74, 6) is 0.898. The molecule has 0 unspecified atom stereocenters. The van der Waals surface area contributed by atoms with Crippen LogP contribution in [0.1, 0.15) is 77.0 Å². The number of hydrogen-bond acceptors (Lipinski definition) is 8. The van der Waals surface area contributed by atoms with Gasteiger partial charge in [0, 0.05) is 13.0 Å². The Balaban J connectivity index is 1.67. The maximum atomic E-state index is 11.9. The fraction of sp³-hybridized carbons (Fsp3) is 0.654. The second kappa shape index (κ2) is 11.2. The molecule has 2 aliphatic rings. The lowest BCUT2D eigenvalue weighted by Gasteiger charge is -2.42. The molecule has 0 spiro atoms. The maximum absolute atomic E-state index is 11.9. The highest BCUT2D eigenvalue weighted by molar-refractivity contribution is 7.71. The van der Waals surface area contributed by atoms with E-state index in [-0.39, 0.29) is 18.1 Å². The van der Waals surface area contributed by atoms with Crippen molar-refractivity contribution >= 4 is 18.1 Å². The average molecular weight is 535 g/mol. The lowest BCUT2D eigenvalue weighted by atomic mass is 9.87. The molecule has 2 heterocycles. The molecule has 0 bridgehead atoms. The molecule has 37 heavy (non-hydrogen) atoms. The molecule has 1 aliphatic heterocycles. The second-order valence-electron chi connectivity index (χ2n) is 11.0. The van der Waals surface area contributed by atoms with E-state index >= 15 is 0 Å². The molecule has 2 aromatic rings. The Morgan fingerprint density at radius 2 is 1.84 bits per heavy atom. The summed E-state index contributed by atoms with van der Waals surface area (Å²) in [5.41, 5.74) is 1.24. The molecule has 10 nitrogen and oxygen atoms in total. The topological polar surface area (TPSA) is 131 Å². The fourth-order valence-corrected chi connectivity index (χ4v) is 5.53. The van der Waals surface area contributed by atoms with Crippen LogP contribution < -0.4 is 10.1 Å². The van der Waals surface area contributed by atoms with Crippen molar-refractivity contribution in [2.45, 2.75) is 102 Å². The summed E-state index contributed by atoms with van der Waals surface area (Å²) in [6, 6.07) is 7.10. The van der Waals surface area contributed by atoms with Gasteiger partial charge < -0.3 is 30.1 Å². The molecule has 4 N–H and O–H groups in total. The number of amides is 1. The van der Waals surface area contributed by atoms with E-state index in [1.807, 2.05) is 28.8 Å². The van der Waals surface area contributed by atoms with Gasteiger partial charge in [0.2, 0.25) is 10.7 Å². The van der Waals surface area contributed by atoms with Crippen molar-refractivity contribution in [2.75, 3.05) is 6.61 Å². The van der Waals surface area contributed by atoms with Crippen LogP contribution in [0, 0.1) is 4.77 Å². The smallest absolute Gasteiger partial charge is 0.217 e. The van der Waals surface area contributed by atoms with Crippen LogP contribution in [0.15, 0.2) is 24.3 Å². The van der Waals surface area contributed by atoms with Crippen LogP contribution >= 0.6 is 12.2 Å². The first-order valence-corrected chi connectivity index (χ1v) is 13.2. The third-order valence-electron chi connectivity index (χ3n) is 7.19. The Labute approximate surface area is 222 Å². The third-order valence-corrected chi connectivity index (χ3v) is 7.58. The number of nitrogens with zero attached hydrogens (tertiary/aromatic N) is 3. The highest BCUT2D eigenvalue weighted by Gasteiger charge is 2.46. The Hall–Kier alpha value is -2.31. The molecule has 1 aromatic heterocycles. The van der Waals surface area contributed by atoms with E-state index in [0.29, 0.717) is 16.3 Å². The number of benzene rings is 1. The summed E-state index contributed by atoms with van der Waals surface area (Å²) < 4.78 is 15.8. The Morgan fingerprint density at radius 1 is 1.19 bits per heavy atom. The number of nitrogens with one attached hydrogen (secondary N) is 1. The summed E-state index contributed by atoms with van der Waals surface area (Å²) in [5, 5.41) is 38.3. The van der Waals surface area contributed by atoms with Crippen molar-refractivity contribution in [2.24, 2.45) is 0 Å². The third kappa shape index (κ3) is 5.91. The largest absolute Gasteiger partial charge is 0.486 e. The number of carbonyl (C=O) groups is 1. The molecular formula is C26H38N4O6S. The van der Waals surface area contributed by atoms with Crippen molar-refractivity contribution in [3.63, 3.8) is 0 Å². The predicted molar refractivity (Wildman–Crippen MR) is 139 cm³/mol. The molecule has 1 saturated heterocycles. The Bertz CT molecular complexity index is 1140. The number of ether oxygens (including phenoxy) is 2. The van der Waals surface area contributed by atoms with Crippen LogP contribution in [0.25, 0.3) is 0 Å². The first-order valence-electron chi connectivity index (χ1n) is 12.8. The zero-order valence-corrected chi connectivity index (χ0v) is 22.6. The number of aliphatic hydroxyl groups excluding tert-OH is 3. The summed E-state index contributed by atoms with van der Waals surface area (Å²) in [6.45, 7) is 7.43. The van der Waals surface area contributed by atoms with E-state index in [1.165, 1.54) is 17.2 Å². The van der Waals surface area contributed by atoms with Gasteiger partial charge in [-0.15, -0.1) is 0 Å². The van der Waals surface area contributed by atoms with Gasteiger partial charge in [0.25, 0.3) is 0 Å². The quantitative estimate of drug-likeness (QED) is 0.399. The van der Waals surface area contributed by atoms with Crippen molar-refractivity contribution < 1.29 is 29.6 Å². The minimum Gasteiger partial charge on any atom is -0.486 e. The number of aromatic nitrogens is 3. The molecule has 11 heteroatoms. The molecule has 2 fully saturated rings. The first-order chi connectivity index (χ1) is 17.5. The highest BCUT2D eigenvalue weighted by Crippen LogP contribution is 2.34. The Kier molecular flexibility index (Phi) is 8.39. The van der Waals surface area contributed by atoms with E-state index in [2.05, 4.69) is 26.1 Å². The molecule has 1 saturated carbocycles. The molecule has 204 valence electrons. The summed E-state index contributed by atoms with van der Waals surface area (Å²) in [4.78, 5) is 11.9. The maximum Gasteiger partial charge on any atom is 0.217 e. The van der Waals surface area contributed by atoms with Gasteiger partial charge in [-0.05, 0) is 48.2 Å². The first kappa shape index (κ1) is 27.7. The fourth-order valence-electron chi connectivity index (χ4n) is 5.13. The molecule has 5 atom stereocenters.